The molecule has 0 unspecified atom stereocenters. The molecule has 1 heterocycles. The van der Waals surface area contributed by atoms with Crippen LogP contribution in [0.3, 0.4) is 0 Å². The average molecular weight is 266 g/mol. The van der Waals surface area contributed by atoms with Crippen LogP contribution in [0.2, 0.25) is 0 Å². The Morgan fingerprint density at radius 1 is 1.33 bits per heavy atom. The maximum absolute atomic E-state index is 12.0. The maximum atomic E-state index is 12.0. The van der Waals surface area contributed by atoms with E-state index in [9.17, 15) is 8.42 Å². The SMILES string of the molecule is COc1cccc(S(=O)(=O)NCc2cc[nH]c2)c1. The van der Waals surface area contributed by atoms with Crippen molar-refractivity contribution in [2.75, 3.05) is 7.11 Å². The van der Waals surface area contributed by atoms with Crippen LogP contribution in [0.25, 0.3) is 0 Å². The van der Waals surface area contributed by atoms with Crippen LogP contribution in [0.15, 0.2) is 47.6 Å². The average Bonchev–Trinajstić information content (AvgIpc) is 2.90. The number of methoxy groups -OCH3 is 1. The van der Waals surface area contributed by atoms with Gasteiger partial charge in [0.1, 0.15) is 5.75 Å². The van der Waals surface area contributed by atoms with E-state index in [-0.39, 0.29) is 11.4 Å². The molecule has 0 aliphatic heterocycles. The van der Waals surface area contributed by atoms with Gasteiger partial charge in [0.05, 0.1) is 12.0 Å². The molecule has 0 atom stereocenters. The van der Waals surface area contributed by atoms with Crippen LogP contribution in [0.1, 0.15) is 5.56 Å². The molecule has 2 aromatic rings. The molecule has 0 fully saturated rings. The highest BCUT2D eigenvalue weighted by Gasteiger charge is 2.14. The predicted octanol–water partition coefficient (Wildman–Crippen LogP) is 1.50. The lowest BCUT2D eigenvalue weighted by Gasteiger charge is -2.07. The van der Waals surface area contributed by atoms with Gasteiger partial charge in [-0.2, -0.15) is 0 Å². The van der Waals surface area contributed by atoms with Gasteiger partial charge < -0.3 is 9.72 Å². The number of aromatic amines is 1. The van der Waals surface area contributed by atoms with Crippen molar-refractivity contribution in [1.29, 1.82) is 0 Å². The van der Waals surface area contributed by atoms with Crippen LogP contribution in [0, 0.1) is 0 Å². The Labute approximate surface area is 106 Å². The van der Waals surface area contributed by atoms with E-state index in [0.717, 1.165) is 5.56 Å². The van der Waals surface area contributed by atoms with Crippen LogP contribution in [-0.4, -0.2) is 20.5 Å². The summed E-state index contributed by atoms with van der Waals surface area (Å²) in [6.45, 7) is 0.253. The molecule has 2 N–H and O–H groups in total. The standard InChI is InChI=1S/C12H14N2O3S/c1-17-11-3-2-4-12(7-11)18(15,16)14-9-10-5-6-13-8-10/h2-8,13-14H,9H2,1H3. The molecule has 0 saturated carbocycles. The lowest BCUT2D eigenvalue weighted by atomic mass is 10.3. The summed E-state index contributed by atoms with van der Waals surface area (Å²) in [7, 11) is -2.01. The summed E-state index contributed by atoms with van der Waals surface area (Å²) in [5.74, 6) is 0.513. The Bertz CT molecular complexity index is 606. The molecule has 0 saturated heterocycles. The molecule has 96 valence electrons. The zero-order valence-electron chi connectivity index (χ0n) is 9.88. The molecule has 0 spiro atoms. The fraction of sp³-hybridized carbons (Fsp3) is 0.167. The van der Waals surface area contributed by atoms with E-state index in [4.69, 9.17) is 4.74 Å². The monoisotopic (exact) mass is 266 g/mol. The van der Waals surface area contributed by atoms with E-state index in [1.54, 1.807) is 24.5 Å². The Balaban J connectivity index is 2.14. The number of ether oxygens (including phenoxy) is 1. The third-order valence-electron chi connectivity index (χ3n) is 2.48. The number of H-pyrrole nitrogens is 1. The topological polar surface area (TPSA) is 71.2 Å². The zero-order chi connectivity index (χ0) is 13.0. The quantitative estimate of drug-likeness (QED) is 0.861. The van der Waals surface area contributed by atoms with Gasteiger partial charge in [-0.15, -0.1) is 0 Å². The van der Waals surface area contributed by atoms with Gasteiger partial charge in [0.25, 0.3) is 0 Å². The van der Waals surface area contributed by atoms with E-state index in [2.05, 4.69) is 9.71 Å². The van der Waals surface area contributed by atoms with Crippen molar-refractivity contribution in [3.63, 3.8) is 0 Å². The van der Waals surface area contributed by atoms with Gasteiger partial charge in [-0.3, -0.25) is 0 Å². The minimum atomic E-state index is -3.51. The molecule has 18 heavy (non-hydrogen) atoms. The number of hydrogen-bond acceptors (Lipinski definition) is 3. The minimum Gasteiger partial charge on any atom is -0.497 e. The number of rotatable bonds is 5. The Hall–Kier alpha value is -1.79. The number of hydrogen-bond donors (Lipinski definition) is 2. The maximum Gasteiger partial charge on any atom is 0.241 e. The van der Waals surface area contributed by atoms with Crippen LogP contribution in [0.4, 0.5) is 0 Å². The number of nitrogens with one attached hydrogen (secondary N) is 2. The lowest BCUT2D eigenvalue weighted by molar-refractivity contribution is 0.413. The highest BCUT2D eigenvalue weighted by molar-refractivity contribution is 7.89. The molecule has 5 nitrogen and oxygen atoms in total. The first kappa shape index (κ1) is 12.7. The molecule has 0 bridgehead atoms. The first-order valence-corrected chi connectivity index (χ1v) is 6.85. The first-order valence-electron chi connectivity index (χ1n) is 5.37. The van der Waals surface area contributed by atoms with E-state index in [0.29, 0.717) is 5.75 Å². The van der Waals surface area contributed by atoms with Gasteiger partial charge >= 0.3 is 0 Å². The molecule has 0 aliphatic carbocycles. The van der Waals surface area contributed by atoms with Crippen molar-refractivity contribution in [1.82, 2.24) is 9.71 Å². The van der Waals surface area contributed by atoms with E-state index in [1.807, 2.05) is 6.07 Å². The van der Waals surface area contributed by atoms with E-state index >= 15 is 0 Å². The smallest absolute Gasteiger partial charge is 0.241 e. The van der Waals surface area contributed by atoms with Crippen molar-refractivity contribution in [3.8, 4) is 5.75 Å². The van der Waals surface area contributed by atoms with Gasteiger partial charge in [-0.05, 0) is 23.8 Å². The summed E-state index contributed by atoms with van der Waals surface area (Å²) in [6, 6.07) is 8.17. The minimum absolute atomic E-state index is 0.192. The van der Waals surface area contributed by atoms with Crippen LogP contribution in [-0.2, 0) is 16.6 Å². The van der Waals surface area contributed by atoms with Gasteiger partial charge in [-0.25, -0.2) is 13.1 Å². The van der Waals surface area contributed by atoms with Crippen LogP contribution >= 0.6 is 0 Å². The number of aromatic nitrogens is 1. The fourth-order valence-corrected chi connectivity index (χ4v) is 2.55. The van der Waals surface area contributed by atoms with Gasteiger partial charge in [0.2, 0.25) is 10.0 Å². The summed E-state index contributed by atoms with van der Waals surface area (Å²) >= 11 is 0. The molecule has 0 radical (unpaired) electrons. The summed E-state index contributed by atoms with van der Waals surface area (Å²) in [4.78, 5) is 3.06. The van der Waals surface area contributed by atoms with Crippen LogP contribution in [0.5, 0.6) is 5.75 Å². The normalized spacial score (nSPS) is 11.4. The van der Waals surface area contributed by atoms with Crippen molar-refractivity contribution >= 4 is 10.0 Å². The highest BCUT2D eigenvalue weighted by Crippen LogP contribution is 2.17. The van der Waals surface area contributed by atoms with E-state index in [1.165, 1.54) is 19.2 Å². The molecule has 6 heteroatoms. The van der Waals surface area contributed by atoms with Crippen molar-refractivity contribution < 1.29 is 13.2 Å². The molecule has 0 aliphatic rings. The number of sulfonamides is 1. The second kappa shape index (κ2) is 5.24. The summed E-state index contributed by atoms with van der Waals surface area (Å²) < 4.78 is 31.6. The second-order valence-corrected chi connectivity index (χ2v) is 5.49. The Morgan fingerprint density at radius 3 is 2.83 bits per heavy atom. The number of benzene rings is 1. The van der Waals surface area contributed by atoms with E-state index < -0.39 is 10.0 Å². The Kier molecular flexibility index (Phi) is 3.69. The summed E-state index contributed by atoms with van der Waals surface area (Å²) in [5, 5.41) is 0. The molecule has 2 rings (SSSR count). The second-order valence-electron chi connectivity index (χ2n) is 3.72. The lowest BCUT2D eigenvalue weighted by Crippen LogP contribution is -2.23. The predicted molar refractivity (Wildman–Crippen MR) is 67.8 cm³/mol. The van der Waals surface area contributed by atoms with Crippen LogP contribution < -0.4 is 9.46 Å². The zero-order valence-corrected chi connectivity index (χ0v) is 10.7. The molecule has 1 aromatic heterocycles. The largest absolute Gasteiger partial charge is 0.497 e. The highest BCUT2D eigenvalue weighted by atomic mass is 32.2. The first-order chi connectivity index (χ1) is 8.62. The van der Waals surface area contributed by atoms with Gasteiger partial charge in [0.15, 0.2) is 0 Å². The molecular formula is C12H14N2O3S. The molecule has 0 amide bonds. The summed E-state index contributed by atoms with van der Waals surface area (Å²) in [5.41, 5.74) is 0.876. The third-order valence-corrected chi connectivity index (χ3v) is 3.88. The molecular weight excluding hydrogens is 252 g/mol. The molecule has 1 aromatic carbocycles. The van der Waals surface area contributed by atoms with Crippen molar-refractivity contribution in [2.45, 2.75) is 11.4 Å². The summed E-state index contributed by atoms with van der Waals surface area (Å²) in [6.07, 6.45) is 3.49. The van der Waals surface area contributed by atoms with Gasteiger partial charge in [-0.1, -0.05) is 6.07 Å². The Morgan fingerprint density at radius 2 is 2.17 bits per heavy atom. The van der Waals surface area contributed by atoms with Crippen molar-refractivity contribution in [2.24, 2.45) is 0 Å². The van der Waals surface area contributed by atoms with Gasteiger partial charge in [0, 0.05) is 25.0 Å². The van der Waals surface area contributed by atoms with Crippen molar-refractivity contribution in [3.05, 3.63) is 48.3 Å². The fourth-order valence-electron chi connectivity index (χ4n) is 1.50. The third kappa shape index (κ3) is 2.91.